The predicted molar refractivity (Wildman–Crippen MR) is 79.9 cm³/mol. The summed E-state index contributed by atoms with van der Waals surface area (Å²) in [5.41, 5.74) is 2.77. The molecule has 114 valence electrons. The zero-order valence-corrected chi connectivity index (χ0v) is 11.9. The normalized spacial score (nSPS) is 11.5. The van der Waals surface area contributed by atoms with Crippen LogP contribution in [0, 0.1) is 10.1 Å². The van der Waals surface area contributed by atoms with E-state index in [1.165, 1.54) is 12.3 Å². The third kappa shape index (κ3) is 3.84. The topological polar surface area (TPSA) is 141 Å². The maximum atomic E-state index is 11.2. The highest BCUT2D eigenvalue weighted by atomic mass is 32.2. The molecule has 0 aliphatic carbocycles. The van der Waals surface area contributed by atoms with Crippen LogP contribution < -0.4 is 10.6 Å². The van der Waals surface area contributed by atoms with Crippen molar-refractivity contribution < 1.29 is 13.3 Å². The van der Waals surface area contributed by atoms with Gasteiger partial charge >= 0.3 is 0 Å². The molecule has 2 rings (SSSR count). The molecule has 22 heavy (non-hydrogen) atoms. The molecule has 0 radical (unpaired) electrons. The molecule has 0 bridgehead atoms. The number of hydrogen-bond donors (Lipinski definition) is 2. The van der Waals surface area contributed by atoms with Crippen LogP contribution in [0.4, 0.5) is 11.4 Å². The van der Waals surface area contributed by atoms with Crippen LogP contribution in [0.3, 0.4) is 0 Å². The van der Waals surface area contributed by atoms with Gasteiger partial charge in [-0.25, -0.2) is 13.6 Å². The monoisotopic (exact) mass is 321 g/mol. The number of benzene rings is 1. The number of nitrogens with one attached hydrogen (secondary N) is 1. The Morgan fingerprint density at radius 2 is 2.14 bits per heavy atom. The van der Waals surface area contributed by atoms with Crippen molar-refractivity contribution in [3.8, 4) is 0 Å². The van der Waals surface area contributed by atoms with Crippen molar-refractivity contribution in [2.45, 2.75) is 4.90 Å². The fourth-order valence-corrected chi connectivity index (χ4v) is 2.10. The number of nitro benzene ring substituents is 1. The van der Waals surface area contributed by atoms with Crippen LogP contribution in [0.2, 0.25) is 0 Å². The molecule has 0 amide bonds. The van der Waals surface area contributed by atoms with E-state index in [0.29, 0.717) is 5.56 Å². The Balaban J connectivity index is 2.28. The SMILES string of the molecule is NS(=O)(=O)c1ccc(NN=Cc2cccnc2)c([N+](=O)[O-])c1. The first-order valence-corrected chi connectivity index (χ1v) is 7.43. The van der Waals surface area contributed by atoms with Crippen LogP contribution in [0.25, 0.3) is 0 Å². The number of rotatable bonds is 5. The summed E-state index contributed by atoms with van der Waals surface area (Å²) in [5.74, 6) is 0. The number of sulfonamides is 1. The maximum absolute atomic E-state index is 11.2. The Morgan fingerprint density at radius 1 is 1.36 bits per heavy atom. The summed E-state index contributed by atoms with van der Waals surface area (Å²) in [6.45, 7) is 0. The van der Waals surface area contributed by atoms with E-state index in [9.17, 15) is 18.5 Å². The molecule has 0 saturated carbocycles. The Kier molecular flexibility index (Phi) is 4.44. The Morgan fingerprint density at radius 3 is 2.73 bits per heavy atom. The summed E-state index contributed by atoms with van der Waals surface area (Å²) >= 11 is 0. The molecule has 0 aliphatic rings. The Bertz CT molecular complexity index is 821. The van der Waals surface area contributed by atoms with E-state index in [1.807, 2.05) is 0 Å². The van der Waals surface area contributed by atoms with E-state index in [4.69, 9.17) is 5.14 Å². The number of anilines is 1. The van der Waals surface area contributed by atoms with Gasteiger partial charge in [-0.05, 0) is 18.2 Å². The van der Waals surface area contributed by atoms with E-state index in [0.717, 1.165) is 12.1 Å². The number of nitrogens with zero attached hydrogens (tertiary/aromatic N) is 3. The van der Waals surface area contributed by atoms with Gasteiger partial charge in [0.25, 0.3) is 5.69 Å². The van der Waals surface area contributed by atoms with E-state index >= 15 is 0 Å². The molecule has 1 aromatic carbocycles. The van der Waals surface area contributed by atoms with Gasteiger partial charge in [0.2, 0.25) is 10.0 Å². The fraction of sp³-hybridized carbons (Fsp3) is 0. The highest BCUT2D eigenvalue weighted by Gasteiger charge is 2.18. The molecule has 9 nitrogen and oxygen atoms in total. The molecule has 3 N–H and O–H groups in total. The van der Waals surface area contributed by atoms with Gasteiger partial charge in [0.05, 0.1) is 16.0 Å². The highest BCUT2D eigenvalue weighted by Crippen LogP contribution is 2.27. The van der Waals surface area contributed by atoms with Crippen molar-refractivity contribution in [1.82, 2.24) is 4.98 Å². The first kappa shape index (κ1) is 15.5. The van der Waals surface area contributed by atoms with Crippen LogP contribution >= 0.6 is 0 Å². The van der Waals surface area contributed by atoms with Gasteiger partial charge in [-0.2, -0.15) is 5.10 Å². The Labute approximate surface area is 125 Å². The lowest BCUT2D eigenvalue weighted by Gasteiger charge is -2.04. The molecule has 0 saturated heterocycles. The molecular formula is C12H11N5O4S. The lowest BCUT2D eigenvalue weighted by atomic mass is 10.3. The quantitative estimate of drug-likeness (QED) is 0.479. The molecule has 0 unspecified atom stereocenters. The van der Waals surface area contributed by atoms with Gasteiger partial charge in [-0.3, -0.25) is 20.5 Å². The largest absolute Gasteiger partial charge is 0.295 e. The van der Waals surface area contributed by atoms with Crippen molar-refractivity contribution in [3.63, 3.8) is 0 Å². The second-order valence-corrected chi connectivity index (χ2v) is 5.70. The minimum absolute atomic E-state index is 0.0394. The molecule has 2 aromatic rings. The standard InChI is InChI=1S/C12H11N5O4S/c13-22(20,21)10-3-4-11(12(6-10)17(18)19)16-15-8-9-2-1-5-14-7-9/h1-8,16H,(H2,13,20,21). The molecule has 0 atom stereocenters. The van der Waals surface area contributed by atoms with Crippen LogP contribution in [-0.2, 0) is 10.0 Å². The van der Waals surface area contributed by atoms with E-state index in [2.05, 4.69) is 15.5 Å². The van der Waals surface area contributed by atoms with Gasteiger partial charge in [-0.1, -0.05) is 6.07 Å². The Hall–Kier alpha value is -2.85. The average molecular weight is 321 g/mol. The third-order valence-corrected chi connectivity index (χ3v) is 3.49. The first-order chi connectivity index (χ1) is 10.4. The summed E-state index contributed by atoms with van der Waals surface area (Å²) in [7, 11) is -4.02. The van der Waals surface area contributed by atoms with Crippen molar-refractivity contribution in [1.29, 1.82) is 0 Å². The summed E-state index contributed by atoms with van der Waals surface area (Å²) in [4.78, 5) is 13.8. The molecule has 0 spiro atoms. The van der Waals surface area contributed by atoms with Crippen molar-refractivity contribution >= 4 is 27.6 Å². The van der Waals surface area contributed by atoms with Crippen LogP contribution in [0.5, 0.6) is 0 Å². The van der Waals surface area contributed by atoms with Crippen molar-refractivity contribution in [2.24, 2.45) is 10.2 Å². The van der Waals surface area contributed by atoms with Gasteiger partial charge < -0.3 is 0 Å². The van der Waals surface area contributed by atoms with Gasteiger partial charge in [-0.15, -0.1) is 0 Å². The number of primary sulfonamides is 1. The van der Waals surface area contributed by atoms with Crippen LogP contribution in [0.15, 0.2) is 52.7 Å². The zero-order chi connectivity index (χ0) is 16.2. The average Bonchev–Trinajstić information content (AvgIpc) is 2.47. The minimum Gasteiger partial charge on any atom is -0.272 e. The molecule has 0 fully saturated rings. The van der Waals surface area contributed by atoms with Gasteiger partial charge in [0.1, 0.15) is 5.69 Å². The van der Waals surface area contributed by atoms with Gasteiger partial charge in [0, 0.05) is 24.0 Å². The number of hydrogen-bond acceptors (Lipinski definition) is 7. The third-order valence-electron chi connectivity index (χ3n) is 2.58. The number of pyridine rings is 1. The number of nitro groups is 1. The van der Waals surface area contributed by atoms with Crippen LogP contribution in [-0.4, -0.2) is 24.5 Å². The number of aromatic nitrogens is 1. The summed E-state index contributed by atoms with van der Waals surface area (Å²) in [6.07, 6.45) is 4.58. The highest BCUT2D eigenvalue weighted by molar-refractivity contribution is 7.89. The molecule has 0 aliphatic heterocycles. The lowest BCUT2D eigenvalue weighted by Crippen LogP contribution is -2.12. The molecule has 1 heterocycles. The second-order valence-electron chi connectivity index (χ2n) is 4.14. The summed E-state index contributed by atoms with van der Waals surface area (Å²) < 4.78 is 22.4. The maximum Gasteiger partial charge on any atom is 0.295 e. The van der Waals surface area contributed by atoms with Crippen molar-refractivity contribution in [2.75, 3.05) is 5.43 Å². The second kappa shape index (κ2) is 6.28. The van der Waals surface area contributed by atoms with E-state index in [-0.39, 0.29) is 10.6 Å². The predicted octanol–water partition coefficient (Wildman–Crippen LogP) is 1.08. The van der Waals surface area contributed by atoms with Crippen molar-refractivity contribution in [3.05, 3.63) is 58.4 Å². The number of hydrazone groups is 1. The summed E-state index contributed by atoms with van der Waals surface area (Å²) in [5, 5.41) is 19.8. The molecule has 10 heteroatoms. The van der Waals surface area contributed by atoms with E-state index in [1.54, 1.807) is 24.5 Å². The minimum atomic E-state index is -4.02. The lowest BCUT2D eigenvalue weighted by molar-refractivity contribution is -0.384. The smallest absolute Gasteiger partial charge is 0.272 e. The molecular weight excluding hydrogens is 310 g/mol. The van der Waals surface area contributed by atoms with E-state index < -0.39 is 20.6 Å². The number of nitrogens with two attached hydrogens (primary N) is 1. The zero-order valence-electron chi connectivity index (χ0n) is 11.1. The van der Waals surface area contributed by atoms with Crippen LogP contribution in [0.1, 0.15) is 5.56 Å². The fourth-order valence-electron chi connectivity index (χ4n) is 1.56. The van der Waals surface area contributed by atoms with Gasteiger partial charge in [0.15, 0.2) is 0 Å². The summed E-state index contributed by atoms with van der Waals surface area (Å²) in [6, 6.07) is 6.71. The first-order valence-electron chi connectivity index (χ1n) is 5.88. The molecule has 1 aromatic heterocycles.